The Morgan fingerprint density at radius 3 is 3.15 bits per heavy atom. The third-order valence-corrected chi connectivity index (χ3v) is 2.97. The van der Waals surface area contributed by atoms with Crippen LogP contribution in [0.3, 0.4) is 0 Å². The van der Waals surface area contributed by atoms with Crippen LogP contribution in [0.15, 0.2) is 17.6 Å². The SMILES string of the molecule is CCc1ncc2ccsc2c1C#N. The Morgan fingerprint density at radius 1 is 1.62 bits per heavy atom. The van der Waals surface area contributed by atoms with Crippen LogP contribution in [0, 0.1) is 11.3 Å². The summed E-state index contributed by atoms with van der Waals surface area (Å²) in [4.78, 5) is 4.25. The fourth-order valence-corrected chi connectivity index (χ4v) is 2.24. The summed E-state index contributed by atoms with van der Waals surface area (Å²) in [6.07, 6.45) is 2.66. The Balaban J connectivity index is 2.84. The molecule has 0 atom stereocenters. The van der Waals surface area contributed by atoms with E-state index in [2.05, 4.69) is 11.1 Å². The molecule has 3 heteroatoms. The van der Waals surface area contributed by atoms with Gasteiger partial charge in [-0.25, -0.2) is 0 Å². The minimum absolute atomic E-state index is 0.745. The van der Waals surface area contributed by atoms with Crippen LogP contribution in [0.5, 0.6) is 0 Å². The highest BCUT2D eigenvalue weighted by molar-refractivity contribution is 7.17. The second-order valence-corrected chi connectivity index (χ2v) is 3.67. The lowest BCUT2D eigenvalue weighted by atomic mass is 10.1. The molecule has 0 bridgehead atoms. The van der Waals surface area contributed by atoms with E-state index in [0.717, 1.165) is 27.8 Å². The molecule has 2 heterocycles. The van der Waals surface area contributed by atoms with Gasteiger partial charge in [-0.15, -0.1) is 11.3 Å². The van der Waals surface area contributed by atoms with Crippen molar-refractivity contribution in [1.82, 2.24) is 4.98 Å². The van der Waals surface area contributed by atoms with Crippen molar-refractivity contribution in [3.05, 3.63) is 28.9 Å². The molecule has 0 saturated heterocycles. The number of thiophene rings is 1. The summed E-state index contributed by atoms with van der Waals surface area (Å²) in [6.45, 7) is 2.02. The van der Waals surface area contributed by atoms with Crippen LogP contribution in [0.2, 0.25) is 0 Å². The normalized spacial score (nSPS) is 10.2. The second kappa shape index (κ2) is 3.15. The Bertz CT molecular complexity index is 479. The Hall–Kier alpha value is -1.40. The van der Waals surface area contributed by atoms with Crippen molar-refractivity contribution in [3.8, 4) is 6.07 Å². The molecule has 0 unspecified atom stereocenters. The fraction of sp³-hybridized carbons (Fsp3) is 0.200. The number of aromatic nitrogens is 1. The minimum atomic E-state index is 0.745. The lowest BCUT2D eigenvalue weighted by molar-refractivity contribution is 1.04. The van der Waals surface area contributed by atoms with Gasteiger partial charge in [0, 0.05) is 11.6 Å². The molecule has 0 amide bonds. The summed E-state index contributed by atoms with van der Waals surface area (Å²) in [7, 11) is 0. The standard InChI is InChI=1S/C10H8N2S/c1-2-9-8(5-11)10-7(6-12-9)3-4-13-10/h3-4,6H,2H2,1H3. The van der Waals surface area contributed by atoms with Gasteiger partial charge in [0.25, 0.3) is 0 Å². The van der Waals surface area contributed by atoms with E-state index < -0.39 is 0 Å². The van der Waals surface area contributed by atoms with Gasteiger partial charge in [0.05, 0.1) is 16.0 Å². The number of aryl methyl sites for hydroxylation is 1. The van der Waals surface area contributed by atoms with Gasteiger partial charge < -0.3 is 0 Å². The maximum absolute atomic E-state index is 8.98. The van der Waals surface area contributed by atoms with Crippen LogP contribution < -0.4 is 0 Å². The molecule has 2 rings (SSSR count). The zero-order valence-corrected chi connectivity index (χ0v) is 8.06. The molecule has 2 aromatic rings. The Morgan fingerprint density at radius 2 is 2.46 bits per heavy atom. The predicted molar refractivity (Wildman–Crippen MR) is 53.7 cm³/mol. The first-order chi connectivity index (χ1) is 6.36. The average Bonchev–Trinajstić information content (AvgIpc) is 2.63. The van der Waals surface area contributed by atoms with E-state index in [9.17, 15) is 0 Å². The number of nitriles is 1. The first-order valence-electron chi connectivity index (χ1n) is 4.12. The Labute approximate surface area is 80.5 Å². The largest absolute Gasteiger partial charge is 0.259 e. The summed E-state index contributed by atoms with van der Waals surface area (Å²) in [5.74, 6) is 0. The highest BCUT2D eigenvalue weighted by atomic mass is 32.1. The van der Waals surface area contributed by atoms with E-state index in [-0.39, 0.29) is 0 Å². The molecule has 2 nitrogen and oxygen atoms in total. The van der Waals surface area contributed by atoms with Gasteiger partial charge in [-0.1, -0.05) is 6.92 Å². The van der Waals surface area contributed by atoms with Gasteiger partial charge in [0.15, 0.2) is 0 Å². The van der Waals surface area contributed by atoms with Crippen LogP contribution in [0.4, 0.5) is 0 Å². The maximum Gasteiger partial charge on any atom is 0.103 e. The molecule has 0 fully saturated rings. The average molecular weight is 188 g/mol. The molecule has 0 aromatic carbocycles. The molecule has 2 aromatic heterocycles. The summed E-state index contributed by atoms with van der Waals surface area (Å²) in [6, 6.07) is 4.22. The third-order valence-electron chi connectivity index (χ3n) is 2.02. The van der Waals surface area contributed by atoms with Crippen molar-refractivity contribution in [3.63, 3.8) is 0 Å². The molecule has 0 N–H and O–H groups in total. The molecule has 64 valence electrons. The van der Waals surface area contributed by atoms with Crippen molar-refractivity contribution in [2.24, 2.45) is 0 Å². The van der Waals surface area contributed by atoms with Crippen LogP contribution in [0.25, 0.3) is 10.1 Å². The van der Waals surface area contributed by atoms with E-state index >= 15 is 0 Å². The van der Waals surface area contributed by atoms with Crippen molar-refractivity contribution >= 4 is 21.4 Å². The topological polar surface area (TPSA) is 36.7 Å². The summed E-state index contributed by atoms with van der Waals surface area (Å²) < 4.78 is 1.06. The van der Waals surface area contributed by atoms with Crippen LogP contribution in [-0.2, 0) is 6.42 Å². The van der Waals surface area contributed by atoms with E-state index in [1.807, 2.05) is 24.6 Å². The highest BCUT2D eigenvalue weighted by Gasteiger charge is 2.07. The molecule has 0 saturated carbocycles. The predicted octanol–water partition coefficient (Wildman–Crippen LogP) is 2.73. The zero-order chi connectivity index (χ0) is 9.26. The zero-order valence-electron chi connectivity index (χ0n) is 7.24. The lowest BCUT2D eigenvalue weighted by Crippen LogP contribution is -1.91. The van der Waals surface area contributed by atoms with Gasteiger partial charge >= 0.3 is 0 Å². The van der Waals surface area contributed by atoms with E-state index in [1.165, 1.54) is 0 Å². The van der Waals surface area contributed by atoms with E-state index in [0.29, 0.717) is 0 Å². The molecule has 0 aliphatic carbocycles. The first kappa shape index (κ1) is 8.21. The molecule has 0 aliphatic rings. The quantitative estimate of drug-likeness (QED) is 0.690. The number of fused-ring (bicyclic) bond motifs is 1. The van der Waals surface area contributed by atoms with Gasteiger partial charge in [-0.3, -0.25) is 4.98 Å². The molecule has 0 aliphatic heterocycles. The molecule has 0 spiro atoms. The monoisotopic (exact) mass is 188 g/mol. The molecule has 13 heavy (non-hydrogen) atoms. The number of rotatable bonds is 1. The lowest BCUT2D eigenvalue weighted by Gasteiger charge is -1.99. The first-order valence-corrected chi connectivity index (χ1v) is 5.00. The number of nitrogens with zero attached hydrogens (tertiary/aromatic N) is 2. The smallest absolute Gasteiger partial charge is 0.103 e. The Kier molecular flexibility index (Phi) is 1.99. The van der Waals surface area contributed by atoms with Crippen molar-refractivity contribution in [1.29, 1.82) is 5.26 Å². The van der Waals surface area contributed by atoms with Crippen molar-refractivity contribution < 1.29 is 0 Å². The van der Waals surface area contributed by atoms with Gasteiger partial charge in [0.1, 0.15) is 6.07 Å². The molecule has 0 radical (unpaired) electrons. The van der Waals surface area contributed by atoms with E-state index in [1.54, 1.807) is 11.3 Å². The summed E-state index contributed by atoms with van der Waals surface area (Å²) >= 11 is 1.61. The second-order valence-electron chi connectivity index (χ2n) is 2.75. The maximum atomic E-state index is 8.98. The molecular weight excluding hydrogens is 180 g/mol. The van der Waals surface area contributed by atoms with Gasteiger partial charge in [-0.05, 0) is 17.9 Å². The van der Waals surface area contributed by atoms with Gasteiger partial charge in [0.2, 0.25) is 0 Å². The van der Waals surface area contributed by atoms with Crippen LogP contribution in [0.1, 0.15) is 18.2 Å². The third kappa shape index (κ3) is 1.20. The highest BCUT2D eigenvalue weighted by Crippen LogP contribution is 2.25. The van der Waals surface area contributed by atoms with E-state index in [4.69, 9.17) is 5.26 Å². The van der Waals surface area contributed by atoms with Crippen molar-refractivity contribution in [2.75, 3.05) is 0 Å². The number of hydrogen-bond donors (Lipinski definition) is 0. The van der Waals surface area contributed by atoms with Crippen LogP contribution >= 0.6 is 11.3 Å². The van der Waals surface area contributed by atoms with Gasteiger partial charge in [-0.2, -0.15) is 5.26 Å². The number of hydrogen-bond acceptors (Lipinski definition) is 3. The minimum Gasteiger partial charge on any atom is -0.259 e. The number of pyridine rings is 1. The van der Waals surface area contributed by atoms with Crippen LogP contribution in [-0.4, -0.2) is 4.98 Å². The summed E-state index contributed by atoms with van der Waals surface area (Å²) in [5, 5.41) is 12.0. The summed E-state index contributed by atoms with van der Waals surface area (Å²) in [5.41, 5.74) is 1.65. The molecular formula is C10H8N2S. The fourth-order valence-electron chi connectivity index (χ4n) is 1.35. The van der Waals surface area contributed by atoms with Crippen molar-refractivity contribution in [2.45, 2.75) is 13.3 Å².